The average Bonchev–Trinajstić information content (AvgIpc) is 2.76. The van der Waals surface area contributed by atoms with Crippen molar-refractivity contribution in [2.24, 2.45) is 0 Å². The lowest BCUT2D eigenvalue weighted by molar-refractivity contribution is -0.150. The van der Waals surface area contributed by atoms with E-state index in [1.54, 1.807) is 6.08 Å². The molecule has 0 spiro atoms. The van der Waals surface area contributed by atoms with Gasteiger partial charge in [0.15, 0.2) is 8.32 Å². The Kier molecular flexibility index (Phi) is 11.8. The lowest BCUT2D eigenvalue weighted by Gasteiger charge is -2.38. The lowest BCUT2D eigenvalue weighted by atomic mass is 9.98. The second-order valence-corrected chi connectivity index (χ2v) is 16.6. The van der Waals surface area contributed by atoms with Crippen molar-refractivity contribution in [3.8, 4) is 0 Å². The fourth-order valence-electron chi connectivity index (χ4n) is 4.25. The second kappa shape index (κ2) is 13.9. The van der Waals surface area contributed by atoms with Gasteiger partial charge in [-0.15, -0.1) is 0 Å². The molecule has 7 heteroatoms. The minimum Gasteiger partial charge on any atom is -0.456 e. The number of esters is 1. The molecule has 0 radical (unpaired) electrons. The van der Waals surface area contributed by atoms with Crippen LogP contribution in [0, 0.1) is 0 Å². The quantitative estimate of drug-likeness (QED) is 0.278. The fraction of sp³-hybridized carbons (Fsp3) is 0.690. The molecule has 2 aliphatic rings. The Balaban J connectivity index is 2.32. The first kappa shape index (κ1) is 30.7. The molecule has 0 aromatic carbocycles. The van der Waals surface area contributed by atoms with E-state index in [9.17, 15) is 15.0 Å². The highest BCUT2D eigenvalue weighted by atomic mass is 28.4. The molecule has 0 aliphatic carbocycles. The zero-order valence-electron chi connectivity index (χ0n) is 23.3. The van der Waals surface area contributed by atoms with Crippen LogP contribution in [0.3, 0.4) is 0 Å². The van der Waals surface area contributed by atoms with Crippen LogP contribution in [0.25, 0.3) is 0 Å². The standard InChI is InChI=1S/C29H48O6Si/c1-21-11-8-16-28(32)34-27(26(31)20-30)19-22(2)18-24-14-9-12-23(33-24)13-10-15-25(17-21)35-36(6,7)29(3,4)5/h8,10-11,15-16,18,23-27,30-31H,9,12-14,17,19-20H2,1-7H3/b15-10+,16-8+,21-11+,22-18+/t23-,24+,25?,26+,27-/m0/s1. The van der Waals surface area contributed by atoms with Crippen molar-refractivity contribution >= 4 is 14.3 Å². The number of rotatable bonds is 4. The Morgan fingerprint density at radius 2 is 1.89 bits per heavy atom. The number of carbonyl (C=O) groups excluding carboxylic acids is 1. The van der Waals surface area contributed by atoms with Gasteiger partial charge in [-0.3, -0.25) is 0 Å². The molecule has 36 heavy (non-hydrogen) atoms. The van der Waals surface area contributed by atoms with Gasteiger partial charge in [0.05, 0.1) is 24.9 Å². The molecule has 204 valence electrons. The Morgan fingerprint density at radius 3 is 2.56 bits per heavy atom. The van der Waals surface area contributed by atoms with E-state index in [1.807, 2.05) is 19.9 Å². The maximum atomic E-state index is 12.4. The van der Waals surface area contributed by atoms with Crippen molar-refractivity contribution in [2.45, 2.75) is 122 Å². The summed E-state index contributed by atoms with van der Waals surface area (Å²) in [7, 11) is -1.98. The van der Waals surface area contributed by atoms with Gasteiger partial charge in [0, 0.05) is 12.5 Å². The summed E-state index contributed by atoms with van der Waals surface area (Å²) < 4.78 is 18.6. The minimum absolute atomic E-state index is 0.0111. The van der Waals surface area contributed by atoms with Crippen LogP contribution in [-0.2, 0) is 18.7 Å². The molecular formula is C29H48O6Si. The van der Waals surface area contributed by atoms with Crippen molar-refractivity contribution < 1.29 is 28.9 Å². The summed E-state index contributed by atoms with van der Waals surface area (Å²) in [6.45, 7) is 14.8. The van der Waals surface area contributed by atoms with Crippen LogP contribution < -0.4 is 0 Å². The van der Waals surface area contributed by atoms with Crippen molar-refractivity contribution in [1.82, 2.24) is 0 Å². The largest absolute Gasteiger partial charge is 0.456 e. The number of cyclic esters (lactones) is 1. The third-order valence-corrected chi connectivity index (χ3v) is 11.9. The average molecular weight is 521 g/mol. The van der Waals surface area contributed by atoms with Crippen LogP contribution in [0.2, 0.25) is 18.1 Å². The van der Waals surface area contributed by atoms with Crippen molar-refractivity contribution in [1.29, 1.82) is 0 Å². The number of aliphatic hydroxyl groups excluding tert-OH is 2. The number of hydrogen-bond acceptors (Lipinski definition) is 6. The molecule has 5 atom stereocenters. The van der Waals surface area contributed by atoms with Crippen molar-refractivity contribution in [3.05, 3.63) is 47.6 Å². The molecular weight excluding hydrogens is 472 g/mol. The zero-order valence-corrected chi connectivity index (χ0v) is 24.3. The van der Waals surface area contributed by atoms with E-state index in [0.29, 0.717) is 6.42 Å². The van der Waals surface area contributed by atoms with E-state index in [0.717, 1.165) is 43.3 Å². The molecule has 0 aromatic rings. The predicted molar refractivity (Wildman–Crippen MR) is 147 cm³/mol. The van der Waals surface area contributed by atoms with E-state index >= 15 is 0 Å². The third-order valence-electron chi connectivity index (χ3n) is 7.40. The normalized spacial score (nSPS) is 33.1. The maximum absolute atomic E-state index is 12.4. The summed E-state index contributed by atoms with van der Waals surface area (Å²) in [5.74, 6) is -0.548. The van der Waals surface area contributed by atoms with Gasteiger partial charge in [0.25, 0.3) is 0 Å². The summed E-state index contributed by atoms with van der Waals surface area (Å²) in [4.78, 5) is 12.4. The van der Waals surface area contributed by atoms with Gasteiger partial charge in [-0.25, -0.2) is 4.79 Å². The van der Waals surface area contributed by atoms with E-state index in [-0.39, 0.29) is 23.4 Å². The molecule has 1 saturated heterocycles. The number of allylic oxidation sites excluding steroid dienone is 2. The number of fused-ring (bicyclic) bond motifs is 2. The Hall–Kier alpha value is -1.51. The molecule has 6 nitrogen and oxygen atoms in total. The molecule has 2 heterocycles. The van der Waals surface area contributed by atoms with E-state index in [1.165, 1.54) is 6.08 Å². The minimum atomic E-state index is -1.98. The molecule has 2 N–H and O–H groups in total. The highest BCUT2D eigenvalue weighted by molar-refractivity contribution is 6.74. The van der Waals surface area contributed by atoms with Crippen LogP contribution in [0.1, 0.15) is 73.1 Å². The molecule has 2 aliphatic heterocycles. The molecule has 0 amide bonds. The Bertz CT molecular complexity index is 835. The molecule has 1 fully saturated rings. The molecule has 2 bridgehead atoms. The number of hydrogen-bond donors (Lipinski definition) is 2. The molecule has 0 aromatic heterocycles. The van der Waals surface area contributed by atoms with Gasteiger partial charge in [0.1, 0.15) is 12.2 Å². The van der Waals surface area contributed by atoms with E-state index in [2.05, 4.69) is 52.1 Å². The van der Waals surface area contributed by atoms with Crippen LogP contribution >= 0.6 is 0 Å². The first-order valence-electron chi connectivity index (χ1n) is 13.3. The summed E-state index contributed by atoms with van der Waals surface area (Å²) >= 11 is 0. The van der Waals surface area contributed by atoms with Gasteiger partial charge >= 0.3 is 5.97 Å². The number of aliphatic hydroxyl groups is 2. The van der Waals surface area contributed by atoms with Gasteiger partial charge in [-0.1, -0.05) is 62.3 Å². The van der Waals surface area contributed by atoms with Crippen LogP contribution in [0.15, 0.2) is 47.6 Å². The maximum Gasteiger partial charge on any atom is 0.331 e. The zero-order chi connectivity index (χ0) is 26.9. The van der Waals surface area contributed by atoms with E-state index < -0.39 is 33.1 Å². The topological polar surface area (TPSA) is 85.2 Å². The van der Waals surface area contributed by atoms with Crippen molar-refractivity contribution in [3.63, 3.8) is 0 Å². The highest BCUT2D eigenvalue weighted by Gasteiger charge is 2.38. The number of ether oxygens (including phenoxy) is 2. The monoisotopic (exact) mass is 520 g/mol. The highest BCUT2D eigenvalue weighted by Crippen LogP contribution is 2.38. The SMILES string of the molecule is C/C1=C\C=C\C(=O)O[C@H]([C@H](O)CO)C/C(C)=C/[C@H]2CCC[C@@H](C/C=C/C(O[Si](C)(C)C(C)(C)C)C1)O2. The predicted octanol–water partition coefficient (Wildman–Crippen LogP) is 5.77. The summed E-state index contributed by atoms with van der Waals surface area (Å²) in [6, 6.07) is 0. The molecule has 2 rings (SSSR count). The first-order chi connectivity index (χ1) is 16.8. The number of carbonyl (C=O) groups is 1. The lowest BCUT2D eigenvalue weighted by Crippen LogP contribution is -2.43. The Labute approximate surface area is 219 Å². The summed E-state index contributed by atoms with van der Waals surface area (Å²) in [5.41, 5.74) is 2.05. The third kappa shape index (κ3) is 10.1. The van der Waals surface area contributed by atoms with Gasteiger partial charge in [-0.2, -0.15) is 0 Å². The summed E-state index contributed by atoms with van der Waals surface area (Å²) in [6.07, 6.45) is 14.5. The van der Waals surface area contributed by atoms with Crippen molar-refractivity contribution in [2.75, 3.05) is 6.61 Å². The molecule has 0 saturated carbocycles. The fourth-order valence-corrected chi connectivity index (χ4v) is 5.53. The van der Waals surface area contributed by atoms with Crippen LogP contribution in [-0.4, -0.2) is 61.6 Å². The van der Waals surface area contributed by atoms with Crippen LogP contribution in [0.5, 0.6) is 0 Å². The van der Waals surface area contributed by atoms with E-state index in [4.69, 9.17) is 13.9 Å². The van der Waals surface area contributed by atoms with Gasteiger partial charge in [-0.05, 0) is 64.1 Å². The Morgan fingerprint density at radius 1 is 1.17 bits per heavy atom. The smallest absolute Gasteiger partial charge is 0.331 e. The second-order valence-electron chi connectivity index (χ2n) is 11.8. The van der Waals surface area contributed by atoms with Gasteiger partial charge in [0.2, 0.25) is 0 Å². The van der Waals surface area contributed by atoms with Crippen LogP contribution in [0.4, 0.5) is 0 Å². The summed E-state index contributed by atoms with van der Waals surface area (Å²) in [5, 5.41) is 19.8. The van der Waals surface area contributed by atoms with Gasteiger partial charge < -0.3 is 24.1 Å². The first-order valence-corrected chi connectivity index (χ1v) is 16.2. The molecule has 1 unspecified atom stereocenters.